The largest absolute Gasteiger partial charge is 0.465 e. The number of aryl methyl sites for hydroxylation is 1. The number of alkyl halides is 3. The number of hydrogen-bond donors (Lipinski definition) is 0. The molecule has 0 aromatic carbocycles. The van der Waals surface area contributed by atoms with Crippen LogP contribution in [0.1, 0.15) is 12.5 Å². The lowest BCUT2D eigenvalue weighted by Crippen LogP contribution is -2.22. The van der Waals surface area contributed by atoms with Gasteiger partial charge in [0.15, 0.2) is 0 Å². The molecule has 0 saturated heterocycles. The van der Waals surface area contributed by atoms with Crippen LogP contribution in [0.5, 0.6) is 0 Å². The summed E-state index contributed by atoms with van der Waals surface area (Å²) in [6.45, 7) is 1.80. The minimum absolute atomic E-state index is 0.134. The van der Waals surface area contributed by atoms with E-state index in [9.17, 15) is 22.8 Å². The van der Waals surface area contributed by atoms with Crippen molar-refractivity contribution in [3.8, 4) is 0 Å². The third-order valence-corrected chi connectivity index (χ3v) is 3.11. The molecule has 0 spiro atoms. The molecule has 0 unspecified atom stereocenters. The molecule has 1 aromatic heterocycles. The monoisotopic (exact) mass is 295 g/mol. The quantitative estimate of drug-likeness (QED) is 0.630. The zero-order chi connectivity index (χ0) is 14.6. The van der Waals surface area contributed by atoms with Gasteiger partial charge in [0.05, 0.1) is 22.8 Å². The zero-order valence-corrected chi connectivity index (χ0v) is 11.1. The van der Waals surface area contributed by atoms with E-state index in [2.05, 4.69) is 4.74 Å². The Morgan fingerprint density at radius 3 is 2.63 bits per heavy atom. The van der Waals surface area contributed by atoms with Gasteiger partial charge in [-0.05, 0) is 13.0 Å². The van der Waals surface area contributed by atoms with Gasteiger partial charge >= 0.3 is 12.1 Å². The predicted octanol–water partition coefficient (Wildman–Crippen LogP) is 2.06. The number of nitrogens with zero attached hydrogens (tertiary/aromatic N) is 1. The number of esters is 1. The van der Waals surface area contributed by atoms with E-state index in [1.807, 2.05) is 0 Å². The summed E-state index contributed by atoms with van der Waals surface area (Å²) in [6.07, 6.45) is -3.82. The third kappa shape index (κ3) is 4.30. The number of aromatic nitrogens is 1. The Hall–Kier alpha value is -1.44. The van der Waals surface area contributed by atoms with Crippen molar-refractivity contribution in [1.82, 2.24) is 4.57 Å². The highest BCUT2D eigenvalue weighted by atomic mass is 32.2. The van der Waals surface area contributed by atoms with Crippen LogP contribution < -0.4 is 5.56 Å². The lowest BCUT2D eigenvalue weighted by Gasteiger charge is -2.10. The van der Waals surface area contributed by atoms with E-state index < -0.39 is 23.3 Å². The molecule has 8 heteroatoms. The van der Waals surface area contributed by atoms with E-state index in [0.29, 0.717) is 0 Å². The summed E-state index contributed by atoms with van der Waals surface area (Å²) >= 11 is 0.732. The van der Waals surface area contributed by atoms with E-state index >= 15 is 0 Å². The average Bonchev–Trinajstić information content (AvgIpc) is 2.30. The first-order chi connectivity index (χ1) is 8.75. The first kappa shape index (κ1) is 15.6. The topological polar surface area (TPSA) is 48.3 Å². The minimum atomic E-state index is -4.54. The van der Waals surface area contributed by atoms with Crippen molar-refractivity contribution in [2.75, 3.05) is 12.4 Å². The van der Waals surface area contributed by atoms with Crippen LogP contribution in [0.25, 0.3) is 0 Å². The highest BCUT2D eigenvalue weighted by Gasteiger charge is 2.32. The number of carbonyl (C=O) groups excluding carboxylic acids is 1. The predicted molar refractivity (Wildman–Crippen MR) is 64.0 cm³/mol. The van der Waals surface area contributed by atoms with Crippen LogP contribution in [-0.2, 0) is 22.8 Å². The van der Waals surface area contributed by atoms with Gasteiger partial charge in [-0.15, -0.1) is 11.8 Å². The van der Waals surface area contributed by atoms with Crippen LogP contribution >= 0.6 is 11.8 Å². The summed E-state index contributed by atoms with van der Waals surface area (Å²) in [5, 5.41) is 0. The van der Waals surface area contributed by atoms with Gasteiger partial charge in [-0.25, -0.2) is 0 Å². The van der Waals surface area contributed by atoms with Gasteiger partial charge in [0.25, 0.3) is 5.56 Å². The van der Waals surface area contributed by atoms with Crippen LogP contribution in [0, 0.1) is 0 Å². The maximum Gasteiger partial charge on any atom is 0.417 e. The van der Waals surface area contributed by atoms with E-state index in [1.165, 1.54) is 7.05 Å². The summed E-state index contributed by atoms with van der Waals surface area (Å²) in [5.74, 6) is -0.781. The number of carbonyl (C=O) groups is 1. The van der Waals surface area contributed by atoms with Gasteiger partial charge in [0.1, 0.15) is 0 Å². The third-order valence-electron chi connectivity index (χ3n) is 2.13. The van der Waals surface area contributed by atoms with E-state index in [0.717, 1.165) is 28.6 Å². The van der Waals surface area contributed by atoms with Crippen molar-refractivity contribution >= 4 is 17.7 Å². The summed E-state index contributed by atoms with van der Waals surface area (Å²) < 4.78 is 43.2. The van der Waals surface area contributed by atoms with Gasteiger partial charge in [0, 0.05) is 13.2 Å². The lowest BCUT2D eigenvalue weighted by molar-refractivity contribution is -0.140. The second-order valence-corrected chi connectivity index (χ2v) is 4.62. The molecule has 1 aromatic rings. The average molecular weight is 295 g/mol. The molecule has 0 aliphatic heterocycles. The summed E-state index contributed by atoms with van der Waals surface area (Å²) in [7, 11) is 1.23. The maximum absolute atomic E-state index is 12.6. The second kappa shape index (κ2) is 6.14. The lowest BCUT2D eigenvalue weighted by atomic mass is 10.3. The van der Waals surface area contributed by atoms with E-state index in [4.69, 9.17) is 0 Å². The van der Waals surface area contributed by atoms with Crippen molar-refractivity contribution in [3.05, 3.63) is 28.2 Å². The van der Waals surface area contributed by atoms with Gasteiger partial charge in [-0.1, -0.05) is 0 Å². The highest BCUT2D eigenvalue weighted by Crippen LogP contribution is 2.30. The first-order valence-electron chi connectivity index (χ1n) is 5.32. The molecule has 0 radical (unpaired) electrons. The molecule has 0 saturated carbocycles. The second-order valence-electron chi connectivity index (χ2n) is 3.60. The molecule has 1 rings (SSSR count). The number of rotatable bonds is 4. The van der Waals surface area contributed by atoms with Crippen LogP contribution in [0.3, 0.4) is 0 Å². The van der Waals surface area contributed by atoms with Crippen molar-refractivity contribution in [1.29, 1.82) is 0 Å². The number of thioether (sulfide) groups is 1. The standard InChI is InChI=1S/C11H12F3NO3S/c1-3-18-9(16)6-19-8-4-7(11(12,13)14)5-15(2)10(8)17/h4-5H,3,6H2,1-2H3. The molecule has 4 nitrogen and oxygen atoms in total. The Balaban J connectivity index is 2.97. The number of pyridine rings is 1. The minimum Gasteiger partial charge on any atom is -0.465 e. The summed E-state index contributed by atoms with van der Waals surface area (Å²) in [4.78, 5) is 22.6. The molecule has 0 amide bonds. The Kier molecular flexibility index (Phi) is 5.04. The fraction of sp³-hybridized carbons (Fsp3) is 0.455. The highest BCUT2D eigenvalue weighted by molar-refractivity contribution is 8.00. The Morgan fingerprint density at radius 1 is 1.47 bits per heavy atom. The first-order valence-corrected chi connectivity index (χ1v) is 6.30. The number of halogens is 3. The molecule has 0 fully saturated rings. The molecule has 0 N–H and O–H groups in total. The molecule has 0 atom stereocenters. The maximum atomic E-state index is 12.6. The Morgan fingerprint density at radius 2 is 2.11 bits per heavy atom. The Labute approximate surface area is 111 Å². The van der Waals surface area contributed by atoms with E-state index in [-0.39, 0.29) is 17.3 Å². The van der Waals surface area contributed by atoms with Crippen molar-refractivity contribution in [3.63, 3.8) is 0 Å². The molecule has 19 heavy (non-hydrogen) atoms. The molecule has 1 heterocycles. The van der Waals surface area contributed by atoms with Crippen LogP contribution in [-0.4, -0.2) is 22.9 Å². The van der Waals surface area contributed by atoms with Gasteiger partial charge in [0.2, 0.25) is 0 Å². The van der Waals surface area contributed by atoms with Crippen molar-refractivity contribution in [2.45, 2.75) is 18.0 Å². The van der Waals surface area contributed by atoms with Crippen LogP contribution in [0.15, 0.2) is 22.0 Å². The van der Waals surface area contributed by atoms with Crippen LogP contribution in [0.4, 0.5) is 13.2 Å². The number of hydrogen-bond acceptors (Lipinski definition) is 4. The molecule has 0 bridgehead atoms. The fourth-order valence-corrected chi connectivity index (χ4v) is 2.11. The zero-order valence-electron chi connectivity index (χ0n) is 10.3. The molecule has 106 valence electrons. The fourth-order valence-electron chi connectivity index (χ4n) is 1.28. The van der Waals surface area contributed by atoms with Crippen molar-refractivity contribution < 1.29 is 22.7 Å². The molecule has 0 aliphatic rings. The summed E-state index contributed by atoms with van der Waals surface area (Å²) in [6, 6.07) is 0.742. The SMILES string of the molecule is CCOC(=O)CSc1cc(C(F)(F)F)cn(C)c1=O. The summed E-state index contributed by atoms with van der Waals surface area (Å²) in [5.41, 5.74) is -1.51. The normalized spacial score (nSPS) is 11.4. The van der Waals surface area contributed by atoms with E-state index in [1.54, 1.807) is 6.92 Å². The van der Waals surface area contributed by atoms with Gasteiger partial charge < -0.3 is 9.30 Å². The molecular weight excluding hydrogens is 283 g/mol. The molecular formula is C11H12F3NO3S. The molecule has 0 aliphatic carbocycles. The van der Waals surface area contributed by atoms with Crippen LogP contribution in [0.2, 0.25) is 0 Å². The van der Waals surface area contributed by atoms with Gasteiger partial charge in [-0.2, -0.15) is 13.2 Å². The number of ether oxygens (including phenoxy) is 1. The smallest absolute Gasteiger partial charge is 0.417 e. The van der Waals surface area contributed by atoms with Gasteiger partial charge in [-0.3, -0.25) is 9.59 Å². The van der Waals surface area contributed by atoms with Crippen molar-refractivity contribution in [2.24, 2.45) is 7.05 Å². The Bertz CT molecular complexity index is 525.